The van der Waals surface area contributed by atoms with E-state index in [1.54, 1.807) is 12.1 Å². The Hall–Kier alpha value is -2.22. The first-order valence-electron chi connectivity index (χ1n) is 9.47. The minimum Gasteiger partial charge on any atom is -0.508 e. The van der Waals surface area contributed by atoms with Gasteiger partial charge in [0.25, 0.3) is 0 Å². The van der Waals surface area contributed by atoms with Crippen LogP contribution in [0.25, 0.3) is 6.08 Å². The molecular weight excluding hydrogens is 364 g/mol. The van der Waals surface area contributed by atoms with Crippen molar-refractivity contribution in [3.8, 4) is 5.75 Å². The molecule has 1 aliphatic heterocycles. The number of phenolic OH excluding ortho intramolecular Hbond substituents is 1. The molecule has 1 saturated carbocycles. The third-order valence-electron chi connectivity index (χ3n) is 6.65. The fourth-order valence-corrected chi connectivity index (χ4v) is 5.01. The molecule has 0 radical (unpaired) electrons. The van der Waals surface area contributed by atoms with Crippen molar-refractivity contribution in [1.29, 1.82) is 0 Å². The number of fused-ring (bicyclic) bond motifs is 2. The number of aromatic hydroxyl groups is 1. The van der Waals surface area contributed by atoms with Gasteiger partial charge in [0.15, 0.2) is 11.4 Å². The second-order valence-electron chi connectivity index (χ2n) is 8.51. The Kier molecular flexibility index (Phi) is 3.86. The Labute approximate surface area is 162 Å². The average molecular weight is 388 g/mol. The van der Waals surface area contributed by atoms with Crippen LogP contribution in [0.1, 0.15) is 50.8 Å². The number of Topliss-reactive ketones (excluding diaryl/α,β-unsaturated/α-hetero) is 1. The third kappa shape index (κ3) is 1.89. The summed E-state index contributed by atoms with van der Waals surface area (Å²) in [6, 6.07) is 4.54. The van der Waals surface area contributed by atoms with E-state index >= 15 is 0 Å². The molecule has 1 spiro atoms. The topological polar surface area (TPSA) is 124 Å². The minimum atomic E-state index is -2.49. The van der Waals surface area contributed by atoms with E-state index in [1.807, 2.05) is 13.8 Å². The number of ether oxygens (including phenoxy) is 1. The van der Waals surface area contributed by atoms with Crippen LogP contribution in [0.2, 0.25) is 0 Å². The maximum absolute atomic E-state index is 13.1. The zero-order chi connectivity index (χ0) is 20.6. The van der Waals surface area contributed by atoms with Crippen molar-refractivity contribution < 1.29 is 34.8 Å². The number of hydrogen-bond acceptors (Lipinski definition) is 7. The van der Waals surface area contributed by atoms with Crippen LogP contribution in [-0.4, -0.2) is 49.0 Å². The van der Waals surface area contributed by atoms with Crippen LogP contribution in [0.3, 0.4) is 0 Å². The number of rotatable bonds is 3. The molecule has 2 aliphatic carbocycles. The van der Waals surface area contributed by atoms with Crippen molar-refractivity contribution in [2.75, 3.05) is 0 Å². The zero-order valence-corrected chi connectivity index (χ0v) is 16.0. The molecule has 2 fully saturated rings. The van der Waals surface area contributed by atoms with Crippen LogP contribution in [0.4, 0.5) is 0 Å². The van der Waals surface area contributed by atoms with E-state index in [2.05, 4.69) is 0 Å². The predicted octanol–water partition coefficient (Wildman–Crippen LogP) is 1.24. The molecule has 7 heteroatoms. The number of ketones is 1. The summed E-state index contributed by atoms with van der Waals surface area (Å²) in [5.41, 5.74) is -6.52. The van der Waals surface area contributed by atoms with Crippen LogP contribution in [0, 0.1) is 11.8 Å². The van der Waals surface area contributed by atoms with Crippen LogP contribution in [-0.2, 0) is 14.3 Å². The lowest BCUT2D eigenvalue weighted by molar-refractivity contribution is -0.221. The molecule has 1 saturated heterocycles. The normalized spacial score (nSPS) is 38.8. The molecule has 1 heterocycles. The molecule has 0 amide bonds. The summed E-state index contributed by atoms with van der Waals surface area (Å²) >= 11 is 0. The molecule has 7 nitrogen and oxygen atoms in total. The smallest absolute Gasteiger partial charge is 0.343 e. The monoisotopic (exact) mass is 388 g/mol. The fraction of sp³-hybridized carbons (Fsp3) is 0.524. The van der Waals surface area contributed by atoms with E-state index in [-0.39, 0.29) is 29.2 Å². The number of phenols is 1. The highest BCUT2D eigenvalue weighted by Crippen LogP contribution is 2.64. The number of esters is 1. The number of benzene rings is 1. The van der Waals surface area contributed by atoms with Gasteiger partial charge in [-0.15, -0.1) is 0 Å². The fourth-order valence-electron chi connectivity index (χ4n) is 5.01. The first kappa shape index (κ1) is 19.1. The number of aliphatic hydroxyl groups excluding tert-OH is 1. The second-order valence-corrected chi connectivity index (χ2v) is 8.51. The summed E-state index contributed by atoms with van der Waals surface area (Å²) in [5, 5.41) is 44.6. The van der Waals surface area contributed by atoms with Gasteiger partial charge < -0.3 is 25.2 Å². The summed E-state index contributed by atoms with van der Waals surface area (Å²) in [4.78, 5) is 25.9. The highest BCUT2D eigenvalue weighted by Gasteiger charge is 2.84. The Balaban J connectivity index is 2.04. The zero-order valence-electron chi connectivity index (χ0n) is 16.0. The summed E-state index contributed by atoms with van der Waals surface area (Å²) in [5.74, 6) is -3.08. The van der Waals surface area contributed by atoms with Gasteiger partial charge >= 0.3 is 5.97 Å². The highest BCUT2D eigenvalue weighted by atomic mass is 16.6. The van der Waals surface area contributed by atoms with Gasteiger partial charge in [0, 0.05) is 11.1 Å². The molecule has 0 unspecified atom stereocenters. The molecule has 5 atom stereocenters. The molecular formula is C21H24O7. The third-order valence-corrected chi connectivity index (χ3v) is 6.65. The Bertz CT molecular complexity index is 919. The van der Waals surface area contributed by atoms with Crippen molar-refractivity contribution >= 4 is 17.8 Å². The van der Waals surface area contributed by atoms with E-state index in [0.29, 0.717) is 12.0 Å². The number of aliphatic hydroxyl groups is 3. The largest absolute Gasteiger partial charge is 0.508 e. The average Bonchev–Trinajstić information content (AvgIpc) is 2.77. The SMILES string of the molecule is CC(C)CC[C@]1(O)[C@@]23OC(=O)[C@]1(O)[C@H](C)C(=O)C2=Cc1cccc(O)c1[C@H]3O. The van der Waals surface area contributed by atoms with Crippen LogP contribution >= 0.6 is 0 Å². The van der Waals surface area contributed by atoms with Gasteiger partial charge in [0.05, 0.1) is 5.92 Å². The maximum atomic E-state index is 13.1. The Morgan fingerprint density at radius 2 is 1.89 bits per heavy atom. The lowest BCUT2D eigenvalue weighted by Crippen LogP contribution is -2.73. The van der Waals surface area contributed by atoms with Gasteiger partial charge in [-0.05, 0) is 36.5 Å². The van der Waals surface area contributed by atoms with E-state index in [0.717, 1.165) is 0 Å². The summed E-state index contributed by atoms with van der Waals surface area (Å²) in [6.07, 6.45) is 0.0718. The molecule has 1 aromatic carbocycles. The van der Waals surface area contributed by atoms with Crippen LogP contribution in [0.5, 0.6) is 5.75 Å². The second kappa shape index (κ2) is 5.65. The van der Waals surface area contributed by atoms with E-state index < -0.39 is 40.6 Å². The highest BCUT2D eigenvalue weighted by molar-refractivity contribution is 6.12. The van der Waals surface area contributed by atoms with E-state index in [9.17, 15) is 30.0 Å². The molecule has 2 bridgehead atoms. The number of carbonyl (C=O) groups is 2. The lowest BCUT2D eigenvalue weighted by Gasteiger charge is -2.53. The lowest BCUT2D eigenvalue weighted by atomic mass is 9.53. The van der Waals surface area contributed by atoms with Crippen molar-refractivity contribution in [2.24, 2.45) is 11.8 Å². The van der Waals surface area contributed by atoms with E-state index in [1.165, 1.54) is 19.1 Å². The first-order chi connectivity index (χ1) is 13.0. The summed E-state index contributed by atoms with van der Waals surface area (Å²) in [7, 11) is 0. The summed E-state index contributed by atoms with van der Waals surface area (Å²) < 4.78 is 5.50. The number of hydrogen-bond donors (Lipinski definition) is 4. The van der Waals surface area contributed by atoms with Gasteiger partial charge in [-0.25, -0.2) is 4.79 Å². The quantitative estimate of drug-likeness (QED) is 0.574. The van der Waals surface area contributed by atoms with Gasteiger partial charge in [0.2, 0.25) is 11.2 Å². The molecule has 4 N–H and O–H groups in total. The van der Waals surface area contributed by atoms with Gasteiger partial charge in [-0.2, -0.15) is 0 Å². The standard InChI is InChI=1S/C21H24O7/c1-10(2)7-8-19(26)20(27)11(3)16(23)13-9-12-5-4-6-14(22)15(12)17(24)21(13,19)28-18(20)25/h4-6,9-11,17,22,24,26-27H,7-8H2,1-3H3/t11-,17-,19-,20-,21-/m1/s1. The van der Waals surface area contributed by atoms with Crippen LogP contribution < -0.4 is 0 Å². The van der Waals surface area contributed by atoms with Crippen LogP contribution in [0.15, 0.2) is 23.8 Å². The van der Waals surface area contributed by atoms with Gasteiger partial charge in [-0.3, -0.25) is 4.79 Å². The predicted molar refractivity (Wildman–Crippen MR) is 98.0 cm³/mol. The summed E-state index contributed by atoms with van der Waals surface area (Å²) in [6.45, 7) is 5.22. The van der Waals surface area contributed by atoms with Crippen molar-refractivity contribution in [3.63, 3.8) is 0 Å². The molecule has 3 aliphatic rings. The first-order valence-corrected chi connectivity index (χ1v) is 9.47. The molecule has 1 aromatic rings. The molecule has 28 heavy (non-hydrogen) atoms. The van der Waals surface area contributed by atoms with E-state index in [4.69, 9.17) is 4.74 Å². The molecule has 4 rings (SSSR count). The van der Waals surface area contributed by atoms with Gasteiger partial charge in [0.1, 0.15) is 11.9 Å². The van der Waals surface area contributed by atoms with Crippen molar-refractivity contribution in [2.45, 2.75) is 56.5 Å². The van der Waals surface area contributed by atoms with Gasteiger partial charge in [-0.1, -0.05) is 32.9 Å². The van der Waals surface area contributed by atoms with Crippen molar-refractivity contribution in [1.82, 2.24) is 0 Å². The molecule has 0 aromatic heterocycles. The number of carbonyl (C=O) groups excluding carboxylic acids is 2. The minimum absolute atomic E-state index is 0.0497. The van der Waals surface area contributed by atoms with Crippen molar-refractivity contribution in [3.05, 3.63) is 34.9 Å². The maximum Gasteiger partial charge on any atom is 0.343 e. The Morgan fingerprint density at radius 1 is 1.21 bits per heavy atom. The molecule has 150 valence electrons. The Morgan fingerprint density at radius 3 is 2.54 bits per heavy atom.